The first-order valence-electron chi connectivity index (χ1n) is 32.9. The number of unbranched alkanes of at least 4 members (excludes halogenated alkanes) is 32. The molecule has 0 rings (SSSR count). The van der Waals surface area contributed by atoms with E-state index in [-0.39, 0.29) is 31.5 Å². The highest BCUT2D eigenvalue weighted by molar-refractivity contribution is 7.47. The van der Waals surface area contributed by atoms with Crippen LogP contribution in [0.1, 0.15) is 290 Å². The average molecular weight is 1130 g/mol. The first-order chi connectivity index (χ1) is 38.4. The molecule has 0 aliphatic rings. The molecule has 0 aromatic heterocycles. The van der Waals surface area contributed by atoms with Crippen LogP contribution >= 0.6 is 7.82 Å². The molecule has 0 saturated heterocycles. The molecular weight excluding hydrogens is 1000 g/mol. The van der Waals surface area contributed by atoms with Gasteiger partial charge in [0.15, 0.2) is 0 Å². The summed E-state index contributed by atoms with van der Waals surface area (Å²) >= 11 is 0. The monoisotopic (exact) mass is 1130 g/mol. The summed E-state index contributed by atoms with van der Waals surface area (Å²) in [5, 5.41) is 3.06. The zero-order chi connectivity index (χ0) is 57.9. The second kappa shape index (κ2) is 58.4. The van der Waals surface area contributed by atoms with Gasteiger partial charge in [-0.25, -0.2) is 4.57 Å². The summed E-state index contributed by atoms with van der Waals surface area (Å²) < 4.78 is 30.7. The van der Waals surface area contributed by atoms with Gasteiger partial charge in [-0.3, -0.25) is 18.6 Å². The Bertz CT molecular complexity index is 1630. The van der Waals surface area contributed by atoms with E-state index in [2.05, 4.69) is 99.0 Å². The Balaban J connectivity index is 5.19. The molecule has 0 heterocycles. The van der Waals surface area contributed by atoms with Gasteiger partial charge < -0.3 is 19.4 Å². The van der Waals surface area contributed by atoms with E-state index in [0.717, 1.165) is 109 Å². The number of carbonyl (C=O) groups is 2. The van der Waals surface area contributed by atoms with Crippen molar-refractivity contribution in [3.05, 3.63) is 85.1 Å². The van der Waals surface area contributed by atoms with Crippen LogP contribution in [0.5, 0.6) is 0 Å². The van der Waals surface area contributed by atoms with E-state index >= 15 is 0 Å². The van der Waals surface area contributed by atoms with Gasteiger partial charge in [0, 0.05) is 12.8 Å². The third-order valence-electron chi connectivity index (χ3n) is 14.3. The number of esters is 1. The number of hydrogen-bond donors (Lipinski definition) is 2. The first kappa shape index (κ1) is 76.2. The predicted molar refractivity (Wildman–Crippen MR) is 341 cm³/mol. The molecule has 2 N–H and O–H groups in total. The van der Waals surface area contributed by atoms with Crippen molar-refractivity contribution in [1.82, 2.24) is 5.32 Å². The molecule has 0 fully saturated rings. The van der Waals surface area contributed by atoms with Crippen LogP contribution in [0.4, 0.5) is 0 Å². The Morgan fingerprint density at radius 1 is 0.456 bits per heavy atom. The number of carbonyl (C=O) groups excluding carboxylic acids is 2. The number of nitrogens with zero attached hydrogens (tertiary/aromatic N) is 1. The number of hydrogen-bond acceptors (Lipinski definition) is 6. The molecule has 0 bridgehead atoms. The lowest BCUT2D eigenvalue weighted by atomic mass is 10.0. The summed E-state index contributed by atoms with van der Waals surface area (Å²) in [4.78, 5) is 37.8. The van der Waals surface area contributed by atoms with Gasteiger partial charge in [-0.05, 0) is 102 Å². The highest BCUT2D eigenvalue weighted by Crippen LogP contribution is 2.43. The minimum Gasteiger partial charge on any atom is -0.456 e. The van der Waals surface area contributed by atoms with Crippen molar-refractivity contribution < 1.29 is 37.3 Å². The maximum absolute atomic E-state index is 13.6. The van der Waals surface area contributed by atoms with Gasteiger partial charge >= 0.3 is 13.8 Å². The maximum atomic E-state index is 13.6. The summed E-state index contributed by atoms with van der Waals surface area (Å²) in [6.07, 6.45) is 77.2. The van der Waals surface area contributed by atoms with Crippen LogP contribution in [-0.4, -0.2) is 74.3 Å². The second-order valence-corrected chi connectivity index (χ2v) is 24.8. The lowest BCUT2D eigenvalue weighted by Gasteiger charge is -2.27. The van der Waals surface area contributed by atoms with Crippen molar-refractivity contribution in [3.63, 3.8) is 0 Å². The summed E-state index contributed by atoms with van der Waals surface area (Å²) in [6, 6.07) is -0.861. The van der Waals surface area contributed by atoms with Gasteiger partial charge in [-0.15, -0.1) is 0 Å². The zero-order valence-corrected chi connectivity index (χ0v) is 53.2. The third kappa shape index (κ3) is 59.6. The molecule has 3 unspecified atom stereocenters. The van der Waals surface area contributed by atoms with Crippen molar-refractivity contribution in [2.75, 3.05) is 40.9 Å². The van der Waals surface area contributed by atoms with E-state index in [1.807, 2.05) is 33.3 Å². The summed E-state index contributed by atoms with van der Waals surface area (Å²) in [6.45, 7) is 6.95. The molecule has 79 heavy (non-hydrogen) atoms. The van der Waals surface area contributed by atoms with Crippen LogP contribution in [0.3, 0.4) is 0 Å². The molecule has 0 saturated carbocycles. The van der Waals surface area contributed by atoms with E-state index in [1.54, 1.807) is 0 Å². The zero-order valence-electron chi connectivity index (χ0n) is 52.3. The number of phosphoric ester groups is 1. The van der Waals surface area contributed by atoms with Crippen molar-refractivity contribution in [1.29, 1.82) is 0 Å². The Labute approximate surface area is 488 Å². The Hall–Kier alpha value is -2.81. The highest BCUT2D eigenvalue weighted by atomic mass is 31.2. The highest BCUT2D eigenvalue weighted by Gasteiger charge is 2.30. The van der Waals surface area contributed by atoms with Gasteiger partial charge in [0.2, 0.25) is 5.91 Å². The minimum atomic E-state index is -4.46. The fourth-order valence-electron chi connectivity index (χ4n) is 9.21. The lowest BCUT2D eigenvalue weighted by molar-refractivity contribution is -0.870. The average Bonchev–Trinajstić information content (AvgIpc) is 3.41. The normalized spacial score (nSPS) is 14.2. The number of quaternary nitrogens is 1. The fraction of sp³-hybridized carbons (Fsp3) is 0.768. The molecule has 0 aliphatic heterocycles. The minimum absolute atomic E-state index is 0.0340. The smallest absolute Gasteiger partial charge is 0.456 e. The van der Waals surface area contributed by atoms with E-state index in [0.29, 0.717) is 17.4 Å². The topological polar surface area (TPSA) is 111 Å². The largest absolute Gasteiger partial charge is 0.472 e. The Kier molecular flexibility index (Phi) is 56.3. The number of allylic oxidation sites excluding steroid dienone is 13. The van der Waals surface area contributed by atoms with Gasteiger partial charge in [0.1, 0.15) is 19.3 Å². The SMILES string of the molecule is CCCCC/C=C\C/C=C\C/C=C\C/C=C\CCCCCCCCCCCC(=O)NC(COP(=O)(O)OCC[N+](C)(C)C)C(/C=C\CCCCCCCCCCCCC)OC(=O)CCCCCCCC/C=C/C=C/CCCCC. The molecule has 9 nitrogen and oxygen atoms in total. The van der Waals surface area contributed by atoms with E-state index in [1.165, 1.54) is 148 Å². The van der Waals surface area contributed by atoms with Crippen molar-refractivity contribution in [2.24, 2.45) is 0 Å². The standard InChI is InChI=1S/C69H125N2O7P/c1-7-10-13-16-19-22-25-28-30-31-32-33-34-35-36-37-38-39-41-43-46-49-52-55-58-61-68(72)70-66(65-77-79(74,75)76-64-63-71(4,5)6)67(60-57-54-51-48-45-42-27-24-21-18-15-12-9-3)78-69(73)62-59-56-53-50-47-44-40-29-26-23-20-17-14-11-8-2/h19-20,22-23,26,28-30,32-33,35-36,57,60,66-67H,7-18,21,24-25,27,31,34,37-56,58-59,61-65H2,1-6H3,(H-,70,72,74,75)/p+1/b22-19-,23-20+,29-26+,30-28-,33-32-,36-35-,60-57-. The molecule has 458 valence electrons. The third-order valence-corrected chi connectivity index (χ3v) is 15.3. The fourth-order valence-corrected chi connectivity index (χ4v) is 9.94. The molecule has 0 aromatic carbocycles. The molecule has 0 aliphatic carbocycles. The molecule has 3 atom stereocenters. The number of phosphoric acid groups is 1. The lowest BCUT2D eigenvalue weighted by Crippen LogP contribution is -2.47. The van der Waals surface area contributed by atoms with Gasteiger partial charge in [-0.2, -0.15) is 0 Å². The number of amides is 1. The van der Waals surface area contributed by atoms with E-state index in [4.69, 9.17) is 13.8 Å². The molecule has 1 amide bonds. The van der Waals surface area contributed by atoms with Crippen LogP contribution in [0.15, 0.2) is 85.1 Å². The van der Waals surface area contributed by atoms with Crippen LogP contribution < -0.4 is 5.32 Å². The van der Waals surface area contributed by atoms with Crippen molar-refractivity contribution >= 4 is 19.7 Å². The molecule has 0 aromatic rings. The van der Waals surface area contributed by atoms with Crippen LogP contribution in [0, 0.1) is 0 Å². The first-order valence-corrected chi connectivity index (χ1v) is 34.4. The number of nitrogens with one attached hydrogen (secondary N) is 1. The van der Waals surface area contributed by atoms with Crippen LogP contribution in [0.25, 0.3) is 0 Å². The maximum Gasteiger partial charge on any atom is 0.472 e. The second-order valence-electron chi connectivity index (χ2n) is 23.3. The van der Waals surface area contributed by atoms with Gasteiger partial charge in [0.05, 0.1) is 33.8 Å². The summed E-state index contributed by atoms with van der Waals surface area (Å²) in [5.41, 5.74) is 0. The molecule has 0 spiro atoms. The molecule has 0 radical (unpaired) electrons. The Morgan fingerprint density at radius 2 is 0.810 bits per heavy atom. The number of likely N-dealkylation sites (N-methyl/N-ethyl adjacent to an activating group) is 1. The van der Waals surface area contributed by atoms with E-state index in [9.17, 15) is 19.0 Å². The Morgan fingerprint density at radius 3 is 1.25 bits per heavy atom. The molecule has 10 heteroatoms. The number of rotatable bonds is 59. The van der Waals surface area contributed by atoms with Crippen molar-refractivity contribution in [3.8, 4) is 0 Å². The van der Waals surface area contributed by atoms with Crippen LogP contribution in [0.2, 0.25) is 0 Å². The predicted octanol–water partition coefficient (Wildman–Crippen LogP) is 20.6. The van der Waals surface area contributed by atoms with Gasteiger partial charge in [-0.1, -0.05) is 260 Å². The number of ether oxygens (including phenoxy) is 1. The van der Waals surface area contributed by atoms with Gasteiger partial charge in [0.25, 0.3) is 0 Å². The van der Waals surface area contributed by atoms with Crippen LogP contribution in [-0.2, 0) is 27.9 Å². The summed E-state index contributed by atoms with van der Waals surface area (Å²) in [7, 11) is 1.48. The van der Waals surface area contributed by atoms with E-state index < -0.39 is 20.0 Å². The molecular formula is C69H126N2O7P+. The summed E-state index contributed by atoms with van der Waals surface area (Å²) in [5.74, 6) is -0.523. The quantitative estimate of drug-likeness (QED) is 0.0156. The van der Waals surface area contributed by atoms with Crippen molar-refractivity contribution in [2.45, 2.75) is 303 Å².